The molecule has 0 radical (unpaired) electrons. The molecule has 1 fully saturated rings. The molecule has 1 aliphatic heterocycles. The minimum atomic E-state index is 0. The smallest absolute Gasteiger partial charge is 0.225 e. The third kappa shape index (κ3) is 5.91. The number of aryl methyl sites for hydroxylation is 1. The van der Waals surface area contributed by atoms with Crippen LogP contribution in [0.5, 0.6) is 0 Å². The molecule has 0 atom stereocenters. The third-order valence-corrected chi connectivity index (χ3v) is 6.23. The topological polar surface area (TPSA) is 69.5 Å². The summed E-state index contributed by atoms with van der Waals surface area (Å²) in [5, 5.41) is 4.50. The minimum Gasteiger partial charge on any atom is -0.357 e. The summed E-state index contributed by atoms with van der Waals surface area (Å²) in [5.41, 5.74) is 2.22. The lowest BCUT2D eigenvalue weighted by Gasteiger charge is -2.36. The lowest BCUT2D eigenvalue weighted by molar-refractivity contribution is 0.370. The number of benzene rings is 1. The van der Waals surface area contributed by atoms with Crippen LogP contribution in [0.15, 0.2) is 53.8 Å². The lowest BCUT2D eigenvalue weighted by Crippen LogP contribution is -2.52. The van der Waals surface area contributed by atoms with Crippen molar-refractivity contribution in [2.45, 2.75) is 20.4 Å². The van der Waals surface area contributed by atoms with Crippen molar-refractivity contribution in [1.82, 2.24) is 25.2 Å². The Morgan fingerprint density at radius 2 is 1.77 bits per heavy atom. The molecule has 1 aliphatic rings. The Labute approximate surface area is 204 Å². The van der Waals surface area contributed by atoms with Gasteiger partial charge in [-0.2, -0.15) is 0 Å². The number of halogens is 1. The van der Waals surface area contributed by atoms with Gasteiger partial charge in [0.25, 0.3) is 0 Å². The maximum absolute atomic E-state index is 4.93. The lowest BCUT2D eigenvalue weighted by atomic mass is 10.2. The maximum Gasteiger partial charge on any atom is 0.225 e. The summed E-state index contributed by atoms with van der Waals surface area (Å²) in [6.07, 6.45) is 3.59. The standard InChI is InChI=1S/C22H27N7S.HI/c1-3-23-21(28-12-14-29(15-13-28)22-24-10-7-11-25-22)26-16-19-17(2)27-20(30-19)18-8-5-4-6-9-18;/h4-11H,3,12-16H2,1-2H3,(H,23,26);1H. The van der Waals surface area contributed by atoms with Crippen molar-refractivity contribution < 1.29 is 0 Å². The predicted octanol–water partition coefficient (Wildman–Crippen LogP) is 3.81. The zero-order chi connectivity index (χ0) is 20.8. The Morgan fingerprint density at radius 3 is 2.45 bits per heavy atom. The fourth-order valence-electron chi connectivity index (χ4n) is 3.42. The number of anilines is 1. The normalized spacial score (nSPS) is 14.3. The van der Waals surface area contributed by atoms with Crippen LogP contribution in [0.2, 0.25) is 0 Å². The van der Waals surface area contributed by atoms with E-state index in [0.29, 0.717) is 6.54 Å². The molecule has 4 rings (SSSR count). The molecule has 9 heteroatoms. The van der Waals surface area contributed by atoms with E-state index < -0.39 is 0 Å². The molecule has 0 spiro atoms. The monoisotopic (exact) mass is 549 g/mol. The van der Waals surface area contributed by atoms with Gasteiger partial charge in [0.05, 0.1) is 12.2 Å². The zero-order valence-electron chi connectivity index (χ0n) is 17.9. The molecule has 0 unspecified atom stereocenters. The molecule has 0 aliphatic carbocycles. The zero-order valence-corrected chi connectivity index (χ0v) is 21.0. The first-order valence-electron chi connectivity index (χ1n) is 10.3. The number of nitrogens with zero attached hydrogens (tertiary/aromatic N) is 6. The summed E-state index contributed by atoms with van der Waals surface area (Å²) in [5.74, 6) is 1.76. The van der Waals surface area contributed by atoms with E-state index in [-0.39, 0.29) is 24.0 Å². The average Bonchev–Trinajstić information content (AvgIpc) is 3.18. The summed E-state index contributed by atoms with van der Waals surface area (Å²) in [7, 11) is 0. The summed E-state index contributed by atoms with van der Waals surface area (Å²) in [4.78, 5) is 24.2. The highest BCUT2D eigenvalue weighted by Gasteiger charge is 2.21. The molecule has 2 aromatic heterocycles. The van der Waals surface area contributed by atoms with Crippen molar-refractivity contribution in [3.63, 3.8) is 0 Å². The SMILES string of the molecule is CCNC(=NCc1sc(-c2ccccc2)nc1C)N1CCN(c2ncccn2)CC1.I. The van der Waals surface area contributed by atoms with Crippen molar-refractivity contribution in [3.8, 4) is 10.6 Å². The van der Waals surface area contributed by atoms with Crippen LogP contribution in [0.25, 0.3) is 10.6 Å². The Morgan fingerprint density at radius 1 is 1.06 bits per heavy atom. The second-order valence-electron chi connectivity index (χ2n) is 7.09. The fraction of sp³-hybridized carbons (Fsp3) is 0.364. The first-order valence-corrected chi connectivity index (χ1v) is 11.1. The highest BCUT2D eigenvalue weighted by molar-refractivity contribution is 14.0. The molecule has 1 N–H and O–H groups in total. The van der Waals surface area contributed by atoms with E-state index in [9.17, 15) is 0 Å². The highest BCUT2D eigenvalue weighted by atomic mass is 127. The molecule has 0 amide bonds. The molecule has 1 aromatic carbocycles. The molecule has 7 nitrogen and oxygen atoms in total. The van der Waals surface area contributed by atoms with Gasteiger partial charge in [-0.25, -0.2) is 19.9 Å². The number of guanidine groups is 1. The number of hydrogen-bond acceptors (Lipinski definition) is 6. The van der Waals surface area contributed by atoms with Crippen LogP contribution in [0.3, 0.4) is 0 Å². The van der Waals surface area contributed by atoms with Crippen LogP contribution < -0.4 is 10.2 Å². The van der Waals surface area contributed by atoms with Gasteiger partial charge in [0.15, 0.2) is 5.96 Å². The van der Waals surface area contributed by atoms with Crippen LogP contribution in [0.1, 0.15) is 17.5 Å². The van der Waals surface area contributed by atoms with Crippen molar-refractivity contribution in [1.29, 1.82) is 0 Å². The number of hydrogen-bond donors (Lipinski definition) is 1. The summed E-state index contributed by atoms with van der Waals surface area (Å²) in [6, 6.07) is 12.2. The molecule has 1 saturated heterocycles. The van der Waals surface area contributed by atoms with Crippen LogP contribution >= 0.6 is 35.3 Å². The van der Waals surface area contributed by atoms with Gasteiger partial charge in [0.2, 0.25) is 5.95 Å². The van der Waals surface area contributed by atoms with Crippen LogP contribution in [0.4, 0.5) is 5.95 Å². The summed E-state index contributed by atoms with van der Waals surface area (Å²) < 4.78 is 0. The first kappa shape index (κ1) is 23.4. The molecule has 0 bridgehead atoms. The van der Waals surface area contributed by atoms with E-state index in [1.165, 1.54) is 4.88 Å². The predicted molar refractivity (Wildman–Crippen MR) is 138 cm³/mol. The maximum atomic E-state index is 4.93. The molecule has 0 saturated carbocycles. The Hall–Kier alpha value is -2.27. The number of nitrogens with one attached hydrogen (secondary N) is 1. The number of aromatic nitrogens is 3. The Kier molecular flexibility index (Phi) is 8.59. The van der Waals surface area contributed by atoms with Gasteiger partial charge in [-0.15, -0.1) is 35.3 Å². The van der Waals surface area contributed by atoms with Gasteiger partial charge >= 0.3 is 0 Å². The van der Waals surface area contributed by atoms with E-state index in [0.717, 1.165) is 60.9 Å². The van der Waals surface area contributed by atoms with Crippen molar-refractivity contribution >= 4 is 47.2 Å². The van der Waals surface area contributed by atoms with Crippen LogP contribution in [-0.2, 0) is 6.54 Å². The van der Waals surface area contributed by atoms with Crippen molar-refractivity contribution in [2.75, 3.05) is 37.6 Å². The van der Waals surface area contributed by atoms with E-state index >= 15 is 0 Å². The molecule has 164 valence electrons. The molecular weight excluding hydrogens is 521 g/mol. The molecule has 3 heterocycles. The van der Waals surface area contributed by atoms with Gasteiger partial charge < -0.3 is 15.1 Å². The first-order chi connectivity index (χ1) is 14.7. The van der Waals surface area contributed by atoms with Crippen molar-refractivity contribution in [2.24, 2.45) is 4.99 Å². The van der Waals surface area contributed by atoms with Gasteiger partial charge in [-0.1, -0.05) is 30.3 Å². The van der Waals surface area contributed by atoms with Crippen LogP contribution in [0, 0.1) is 6.92 Å². The second-order valence-corrected chi connectivity index (χ2v) is 8.17. The van der Waals surface area contributed by atoms with Crippen LogP contribution in [-0.4, -0.2) is 58.5 Å². The number of thiazole rings is 1. The largest absolute Gasteiger partial charge is 0.357 e. The Bertz CT molecular complexity index is 970. The van der Waals surface area contributed by atoms with Crippen molar-refractivity contribution in [3.05, 3.63) is 59.4 Å². The number of aliphatic imine (C=N–C) groups is 1. The van der Waals surface area contributed by atoms with Gasteiger partial charge in [-0.05, 0) is 19.9 Å². The summed E-state index contributed by atoms with van der Waals surface area (Å²) in [6.45, 7) is 9.20. The quantitative estimate of drug-likeness (QED) is 0.297. The average molecular weight is 549 g/mol. The number of rotatable bonds is 5. The van der Waals surface area contributed by atoms with Gasteiger partial charge in [0, 0.05) is 55.6 Å². The van der Waals surface area contributed by atoms with E-state index in [4.69, 9.17) is 9.98 Å². The number of piperazine rings is 1. The molecule has 31 heavy (non-hydrogen) atoms. The minimum absolute atomic E-state index is 0. The second kappa shape index (κ2) is 11.4. The Balaban J connectivity index is 0.00000272. The fourth-order valence-corrected chi connectivity index (χ4v) is 4.42. The third-order valence-electron chi connectivity index (χ3n) is 5.03. The van der Waals surface area contributed by atoms with Gasteiger partial charge in [0.1, 0.15) is 5.01 Å². The van der Waals surface area contributed by atoms with E-state index in [2.05, 4.69) is 51.1 Å². The molecular formula is C22H28IN7S. The molecule has 3 aromatic rings. The van der Waals surface area contributed by atoms with E-state index in [1.54, 1.807) is 23.7 Å². The van der Waals surface area contributed by atoms with E-state index in [1.807, 2.05) is 24.3 Å². The summed E-state index contributed by atoms with van der Waals surface area (Å²) >= 11 is 1.73. The van der Waals surface area contributed by atoms with Gasteiger partial charge in [-0.3, -0.25) is 0 Å². The highest BCUT2D eigenvalue weighted by Crippen LogP contribution is 2.28.